The fourth-order valence-electron chi connectivity index (χ4n) is 4.76. The van der Waals surface area contributed by atoms with Crippen molar-refractivity contribution in [2.24, 2.45) is 4.99 Å². The van der Waals surface area contributed by atoms with Gasteiger partial charge in [0.25, 0.3) is 5.91 Å². The maximum Gasteiger partial charge on any atom is 0.271 e. The molecule has 7 heteroatoms. The molecule has 0 aromatic heterocycles. The number of rotatable bonds is 10. The molecule has 0 saturated carbocycles. The van der Waals surface area contributed by atoms with Crippen molar-refractivity contribution in [2.75, 3.05) is 11.5 Å². The first-order valence-electron chi connectivity index (χ1n) is 14.5. The predicted octanol–water partition coefficient (Wildman–Crippen LogP) is 9.51. The molecule has 4 aromatic rings. The Morgan fingerprint density at radius 3 is 2.21 bits per heavy atom. The lowest BCUT2D eigenvalue weighted by Crippen LogP contribution is -2.28. The van der Waals surface area contributed by atoms with Gasteiger partial charge in [0.1, 0.15) is 6.61 Å². The number of ether oxygens (including phenoxy) is 2. The van der Waals surface area contributed by atoms with Crippen LogP contribution < -0.4 is 14.4 Å². The average Bonchev–Trinajstić information content (AvgIpc) is 3.31. The first kappa shape index (κ1) is 30.9. The lowest BCUT2D eigenvalue weighted by Gasteiger charge is -2.16. The van der Waals surface area contributed by atoms with E-state index >= 15 is 0 Å². The van der Waals surface area contributed by atoms with Crippen LogP contribution >= 0.6 is 34.4 Å². The van der Waals surface area contributed by atoms with Crippen molar-refractivity contribution >= 4 is 62.9 Å². The van der Waals surface area contributed by atoms with Crippen molar-refractivity contribution in [3.8, 4) is 11.5 Å². The fraction of sp³-hybridized carbons (Fsp3) is 0.222. The molecule has 0 bridgehead atoms. The minimum absolute atomic E-state index is 0.106. The van der Waals surface area contributed by atoms with Gasteiger partial charge in [0.15, 0.2) is 16.7 Å². The highest BCUT2D eigenvalue weighted by atomic mass is 127. The number of benzene rings is 4. The Bertz CT molecular complexity index is 1660. The van der Waals surface area contributed by atoms with E-state index in [1.165, 1.54) is 28.5 Å². The Morgan fingerprint density at radius 1 is 0.860 bits per heavy atom. The van der Waals surface area contributed by atoms with Gasteiger partial charge in [-0.3, -0.25) is 9.69 Å². The van der Waals surface area contributed by atoms with Gasteiger partial charge < -0.3 is 9.47 Å². The van der Waals surface area contributed by atoms with Gasteiger partial charge in [0, 0.05) is 0 Å². The molecule has 0 spiro atoms. The van der Waals surface area contributed by atoms with Crippen molar-refractivity contribution in [1.82, 2.24) is 0 Å². The molecule has 0 unspecified atom stereocenters. The molecule has 1 aliphatic rings. The van der Waals surface area contributed by atoms with E-state index in [0.717, 1.165) is 38.9 Å². The lowest BCUT2D eigenvalue weighted by atomic mass is 10.1. The molecule has 0 radical (unpaired) electrons. The standard InChI is InChI=1S/C36H35IN2O3S/c1-5-25-11-15-29(16-12-25)38-36-39(30-17-13-26(6-2)14-18-30)35(40)33(43-36)22-28-20-31(37)34(32(21-28)41-7-3)42-23-27-10-8-9-24(4)19-27/h8-22H,5-7,23H2,1-4H3/b33-22-,38-36?. The van der Waals surface area contributed by atoms with Gasteiger partial charge in [-0.25, -0.2) is 4.99 Å². The summed E-state index contributed by atoms with van der Waals surface area (Å²) in [4.78, 5) is 21.1. The number of aryl methyl sites for hydroxylation is 3. The second-order valence-electron chi connectivity index (χ2n) is 10.2. The van der Waals surface area contributed by atoms with E-state index < -0.39 is 0 Å². The van der Waals surface area contributed by atoms with Crippen LogP contribution in [-0.2, 0) is 24.2 Å². The Hall–Kier alpha value is -3.56. The monoisotopic (exact) mass is 702 g/mol. The number of amidine groups is 1. The van der Waals surface area contributed by atoms with Gasteiger partial charge in [-0.05, 0) is 126 Å². The van der Waals surface area contributed by atoms with Crippen molar-refractivity contribution in [1.29, 1.82) is 0 Å². The number of thioether (sulfide) groups is 1. The molecule has 1 heterocycles. The van der Waals surface area contributed by atoms with E-state index in [1.807, 2.05) is 55.5 Å². The minimum atomic E-state index is -0.106. The second kappa shape index (κ2) is 14.3. The van der Waals surface area contributed by atoms with E-state index in [4.69, 9.17) is 14.5 Å². The summed E-state index contributed by atoms with van der Waals surface area (Å²) >= 11 is 3.66. The first-order chi connectivity index (χ1) is 20.9. The Morgan fingerprint density at radius 2 is 1.56 bits per heavy atom. The van der Waals surface area contributed by atoms with Crippen LogP contribution in [0.4, 0.5) is 11.4 Å². The number of hydrogen-bond donors (Lipinski definition) is 0. The van der Waals surface area contributed by atoms with Gasteiger partial charge in [-0.2, -0.15) is 0 Å². The van der Waals surface area contributed by atoms with E-state index in [-0.39, 0.29) is 5.91 Å². The number of nitrogens with zero attached hydrogens (tertiary/aromatic N) is 2. The average molecular weight is 703 g/mol. The summed E-state index contributed by atoms with van der Waals surface area (Å²) in [6.45, 7) is 9.22. The summed E-state index contributed by atoms with van der Waals surface area (Å²) in [6.07, 6.45) is 3.81. The van der Waals surface area contributed by atoms with Crippen LogP contribution in [0.25, 0.3) is 6.08 Å². The molecule has 5 rings (SSSR count). The number of aliphatic imine (C=N–C) groups is 1. The zero-order valence-electron chi connectivity index (χ0n) is 24.9. The summed E-state index contributed by atoms with van der Waals surface area (Å²) in [7, 11) is 0. The van der Waals surface area contributed by atoms with E-state index in [1.54, 1.807) is 4.90 Å². The SMILES string of the molecule is CCOc1cc(/C=C2\SC(=Nc3ccc(CC)cc3)N(c3ccc(CC)cc3)C2=O)cc(I)c1OCc1cccc(C)c1. The third kappa shape index (κ3) is 7.51. The highest BCUT2D eigenvalue weighted by molar-refractivity contribution is 14.1. The molecular weight excluding hydrogens is 667 g/mol. The Kier molecular flexibility index (Phi) is 10.3. The highest BCUT2D eigenvalue weighted by Gasteiger charge is 2.35. The first-order valence-corrected chi connectivity index (χ1v) is 16.4. The summed E-state index contributed by atoms with van der Waals surface area (Å²) in [5.41, 5.74) is 7.23. The quantitative estimate of drug-likeness (QED) is 0.122. The van der Waals surface area contributed by atoms with Crippen LogP contribution in [0.5, 0.6) is 11.5 Å². The fourth-order valence-corrected chi connectivity index (χ4v) is 6.54. The molecule has 1 saturated heterocycles. The van der Waals surface area contributed by atoms with E-state index in [2.05, 4.69) is 85.8 Å². The zero-order valence-corrected chi connectivity index (χ0v) is 27.9. The molecule has 0 aliphatic carbocycles. The minimum Gasteiger partial charge on any atom is -0.490 e. The third-order valence-electron chi connectivity index (χ3n) is 7.07. The highest BCUT2D eigenvalue weighted by Crippen LogP contribution is 2.40. The number of halogens is 1. The van der Waals surface area contributed by atoms with Crippen LogP contribution in [0.3, 0.4) is 0 Å². The molecule has 4 aromatic carbocycles. The number of carbonyl (C=O) groups is 1. The lowest BCUT2D eigenvalue weighted by molar-refractivity contribution is -0.113. The van der Waals surface area contributed by atoms with Gasteiger partial charge >= 0.3 is 0 Å². The largest absolute Gasteiger partial charge is 0.490 e. The topological polar surface area (TPSA) is 51.1 Å². The summed E-state index contributed by atoms with van der Waals surface area (Å²) in [5, 5.41) is 0.627. The molecule has 1 amide bonds. The maximum atomic E-state index is 13.9. The van der Waals surface area contributed by atoms with Crippen molar-refractivity contribution in [2.45, 2.75) is 47.1 Å². The number of hydrogen-bond acceptors (Lipinski definition) is 5. The van der Waals surface area contributed by atoms with Crippen molar-refractivity contribution in [3.63, 3.8) is 0 Å². The van der Waals surface area contributed by atoms with E-state index in [0.29, 0.717) is 34.8 Å². The molecule has 5 nitrogen and oxygen atoms in total. The van der Waals surface area contributed by atoms with Crippen LogP contribution in [0.2, 0.25) is 0 Å². The second-order valence-corrected chi connectivity index (χ2v) is 12.4. The maximum absolute atomic E-state index is 13.9. The summed E-state index contributed by atoms with van der Waals surface area (Å²) in [5.74, 6) is 1.25. The number of anilines is 1. The molecular formula is C36H35IN2O3S. The molecule has 220 valence electrons. The number of carbonyl (C=O) groups excluding carboxylic acids is 1. The van der Waals surface area contributed by atoms with Crippen molar-refractivity contribution in [3.05, 3.63) is 121 Å². The van der Waals surface area contributed by atoms with Gasteiger partial charge in [-0.15, -0.1) is 0 Å². The predicted molar refractivity (Wildman–Crippen MR) is 188 cm³/mol. The molecule has 0 atom stereocenters. The third-order valence-corrected chi connectivity index (χ3v) is 8.84. The number of amides is 1. The molecule has 1 fully saturated rings. The smallest absolute Gasteiger partial charge is 0.271 e. The van der Waals surface area contributed by atoms with Crippen LogP contribution in [0.15, 0.2) is 94.8 Å². The summed E-state index contributed by atoms with van der Waals surface area (Å²) < 4.78 is 13.2. The van der Waals surface area contributed by atoms with Crippen LogP contribution in [-0.4, -0.2) is 17.7 Å². The van der Waals surface area contributed by atoms with Crippen molar-refractivity contribution < 1.29 is 14.3 Å². The van der Waals surface area contributed by atoms with E-state index in [9.17, 15) is 4.79 Å². The van der Waals surface area contributed by atoms with Crippen LogP contribution in [0.1, 0.15) is 48.6 Å². The van der Waals surface area contributed by atoms with Gasteiger partial charge in [0.05, 0.1) is 26.5 Å². The normalized spacial score (nSPS) is 15.0. The van der Waals surface area contributed by atoms with Gasteiger partial charge in [-0.1, -0.05) is 67.9 Å². The van der Waals surface area contributed by atoms with Crippen LogP contribution in [0, 0.1) is 10.5 Å². The Balaban J connectivity index is 1.48. The zero-order chi connectivity index (χ0) is 30.3. The summed E-state index contributed by atoms with van der Waals surface area (Å²) in [6, 6.07) is 28.5. The molecule has 43 heavy (non-hydrogen) atoms. The van der Waals surface area contributed by atoms with Gasteiger partial charge in [0.2, 0.25) is 0 Å². The molecule has 1 aliphatic heterocycles. The Labute approximate surface area is 272 Å². The molecule has 0 N–H and O–H groups in total.